The second-order valence-electron chi connectivity index (χ2n) is 8.86. The SMILES string of the molecule is Cc1cc(C)c(NC(=O)c2sc(NC(=O)c3ccccc3Nc3cccc(C(F)(F)F)c3)nc2C)c(C)c1. The van der Waals surface area contributed by atoms with Crippen molar-refractivity contribution in [3.63, 3.8) is 0 Å². The molecule has 0 aliphatic rings. The van der Waals surface area contributed by atoms with Gasteiger partial charge in [-0.25, -0.2) is 4.98 Å². The molecule has 38 heavy (non-hydrogen) atoms. The van der Waals surface area contributed by atoms with Crippen molar-refractivity contribution in [1.29, 1.82) is 0 Å². The van der Waals surface area contributed by atoms with Crippen molar-refractivity contribution in [2.24, 2.45) is 0 Å². The number of hydrogen-bond acceptors (Lipinski definition) is 5. The molecule has 2 amide bonds. The monoisotopic (exact) mass is 538 g/mol. The predicted octanol–water partition coefficient (Wildman–Crippen LogP) is 7.64. The molecular formula is C28H25F3N4O2S. The van der Waals surface area contributed by atoms with E-state index >= 15 is 0 Å². The van der Waals surface area contributed by atoms with Crippen molar-refractivity contribution in [2.45, 2.75) is 33.9 Å². The molecule has 0 unspecified atom stereocenters. The van der Waals surface area contributed by atoms with Gasteiger partial charge in [0.1, 0.15) is 4.88 Å². The molecule has 196 valence electrons. The summed E-state index contributed by atoms with van der Waals surface area (Å²) in [6.45, 7) is 7.51. The number of nitrogens with one attached hydrogen (secondary N) is 3. The highest BCUT2D eigenvalue weighted by molar-refractivity contribution is 7.17. The quantitative estimate of drug-likeness (QED) is 0.236. The van der Waals surface area contributed by atoms with Crippen LogP contribution in [0.5, 0.6) is 0 Å². The summed E-state index contributed by atoms with van der Waals surface area (Å²) in [5.41, 5.74) is 4.08. The van der Waals surface area contributed by atoms with E-state index in [1.807, 2.05) is 32.9 Å². The molecule has 0 atom stereocenters. The number of aryl methyl sites for hydroxylation is 4. The number of halogens is 3. The summed E-state index contributed by atoms with van der Waals surface area (Å²) in [6, 6.07) is 15.1. The first-order chi connectivity index (χ1) is 17.9. The van der Waals surface area contributed by atoms with Crippen molar-refractivity contribution in [1.82, 2.24) is 4.98 Å². The molecule has 0 saturated heterocycles. The van der Waals surface area contributed by atoms with Crippen LogP contribution in [-0.2, 0) is 6.18 Å². The smallest absolute Gasteiger partial charge is 0.355 e. The molecular weight excluding hydrogens is 513 g/mol. The van der Waals surface area contributed by atoms with E-state index in [1.165, 1.54) is 12.1 Å². The number of para-hydroxylation sites is 1. The van der Waals surface area contributed by atoms with E-state index in [1.54, 1.807) is 31.2 Å². The van der Waals surface area contributed by atoms with Crippen LogP contribution in [0.1, 0.15) is 48.0 Å². The number of carbonyl (C=O) groups is 2. The zero-order valence-corrected chi connectivity index (χ0v) is 21.9. The lowest BCUT2D eigenvalue weighted by Crippen LogP contribution is -2.14. The van der Waals surface area contributed by atoms with Crippen LogP contribution in [0.3, 0.4) is 0 Å². The Morgan fingerprint density at radius 2 is 1.53 bits per heavy atom. The Morgan fingerprint density at radius 1 is 0.842 bits per heavy atom. The molecule has 0 bridgehead atoms. The summed E-state index contributed by atoms with van der Waals surface area (Å²) in [6.07, 6.45) is -4.49. The van der Waals surface area contributed by atoms with E-state index in [0.717, 1.165) is 45.8 Å². The molecule has 6 nitrogen and oxygen atoms in total. The number of anilines is 4. The van der Waals surface area contributed by atoms with Crippen molar-refractivity contribution in [2.75, 3.05) is 16.0 Å². The van der Waals surface area contributed by atoms with E-state index < -0.39 is 17.6 Å². The molecule has 10 heteroatoms. The molecule has 1 aromatic heterocycles. The fourth-order valence-corrected chi connectivity index (χ4v) is 4.95. The van der Waals surface area contributed by atoms with E-state index in [4.69, 9.17) is 0 Å². The van der Waals surface area contributed by atoms with Gasteiger partial charge in [-0.2, -0.15) is 13.2 Å². The largest absolute Gasteiger partial charge is 0.416 e. The third-order valence-electron chi connectivity index (χ3n) is 5.78. The van der Waals surface area contributed by atoms with Gasteiger partial charge in [-0.3, -0.25) is 14.9 Å². The summed E-state index contributed by atoms with van der Waals surface area (Å²) in [5, 5.41) is 8.75. The first-order valence-corrected chi connectivity index (χ1v) is 12.5. The minimum Gasteiger partial charge on any atom is -0.355 e. The Kier molecular flexibility index (Phi) is 7.54. The lowest BCUT2D eigenvalue weighted by atomic mass is 10.1. The first kappa shape index (κ1) is 26.9. The number of benzene rings is 3. The van der Waals surface area contributed by atoms with Crippen LogP contribution in [0.25, 0.3) is 0 Å². The van der Waals surface area contributed by atoms with E-state index in [0.29, 0.717) is 16.3 Å². The third kappa shape index (κ3) is 6.03. The number of carbonyl (C=O) groups excluding carboxylic acids is 2. The molecule has 1 heterocycles. The molecule has 0 spiro atoms. The van der Waals surface area contributed by atoms with Gasteiger partial charge in [-0.15, -0.1) is 0 Å². The zero-order valence-electron chi connectivity index (χ0n) is 21.1. The highest BCUT2D eigenvalue weighted by Gasteiger charge is 2.30. The topological polar surface area (TPSA) is 83.1 Å². The standard InChI is InChI=1S/C28H25F3N4O2S/c1-15-12-16(2)23(17(3)13-15)34-26(37)24-18(4)32-27(38-24)35-25(36)21-10-5-6-11-22(21)33-20-9-7-8-19(14-20)28(29,30)31/h5-14,33H,1-4H3,(H,34,37)(H,32,35,36). The molecule has 4 aromatic rings. The van der Waals surface area contributed by atoms with Gasteiger partial charge in [0, 0.05) is 11.4 Å². The van der Waals surface area contributed by atoms with Gasteiger partial charge < -0.3 is 10.6 Å². The van der Waals surface area contributed by atoms with Gasteiger partial charge in [0.15, 0.2) is 5.13 Å². The Bertz CT molecular complexity index is 1510. The number of alkyl halides is 3. The average molecular weight is 539 g/mol. The Morgan fingerprint density at radius 3 is 2.21 bits per heavy atom. The maximum Gasteiger partial charge on any atom is 0.416 e. The highest BCUT2D eigenvalue weighted by atomic mass is 32.1. The Hall–Kier alpha value is -4.18. The Labute approximate surface area is 221 Å². The summed E-state index contributed by atoms with van der Waals surface area (Å²) in [7, 11) is 0. The van der Waals surface area contributed by atoms with Crippen LogP contribution in [0.15, 0.2) is 60.7 Å². The van der Waals surface area contributed by atoms with E-state index in [2.05, 4.69) is 20.9 Å². The van der Waals surface area contributed by atoms with Gasteiger partial charge in [-0.05, 0) is 69.2 Å². The van der Waals surface area contributed by atoms with Crippen LogP contribution in [0, 0.1) is 27.7 Å². The molecule has 0 saturated carbocycles. The molecule has 0 radical (unpaired) electrons. The number of nitrogens with zero attached hydrogens (tertiary/aromatic N) is 1. The van der Waals surface area contributed by atoms with Gasteiger partial charge in [0.25, 0.3) is 11.8 Å². The first-order valence-electron chi connectivity index (χ1n) is 11.6. The minimum absolute atomic E-state index is 0.186. The number of hydrogen-bond donors (Lipinski definition) is 3. The normalized spacial score (nSPS) is 11.2. The highest BCUT2D eigenvalue weighted by Crippen LogP contribution is 2.32. The van der Waals surface area contributed by atoms with E-state index in [9.17, 15) is 22.8 Å². The lowest BCUT2D eigenvalue weighted by molar-refractivity contribution is -0.137. The second kappa shape index (κ2) is 10.7. The fraction of sp³-hybridized carbons (Fsp3) is 0.179. The molecule has 0 aliphatic heterocycles. The van der Waals surface area contributed by atoms with Crippen LogP contribution in [-0.4, -0.2) is 16.8 Å². The van der Waals surface area contributed by atoms with Crippen LogP contribution < -0.4 is 16.0 Å². The fourth-order valence-electron chi connectivity index (χ4n) is 4.09. The third-order valence-corrected chi connectivity index (χ3v) is 6.85. The molecule has 3 aromatic carbocycles. The van der Waals surface area contributed by atoms with Crippen molar-refractivity contribution in [3.05, 3.63) is 99.1 Å². The van der Waals surface area contributed by atoms with Crippen molar-refractivity contribution < 1.29 is 22.8 Å². The minimum atomic E-state index is -4.49. The molecule has 4 rings (SSSR count). The summed E-state index contributed by atoms with van der Waals surface area (Å²) in [4.78, 5) is 30.8. The van der Waals surface area contributed by atoms with Crippen molar-refractivity contribution in [3.8, 4) is 0 Å². The van der Waals surface area contributed by atoms with Gasteiger partial charge >= 0.3 is 6.18 Å². The van der Waals surface area contributed by atoms with Crippen LogP contribution in [0.4, 0.5) is 35.4 Å². The van der Waals surface area contributed by atoms with Gasteiger partial charge in [-0.1, -0.05) is 47.2 Å². The van der Waals surface area contributed by atoms with Crippen molar-refractivity contribution >= 4 is 45.3 Å². The molecule has 3 N–H and O–H groups in total. The maximum absolute atomic E-state index is 13.1. The number of rotatable bonds is 6. The predicted molar refractivity (Wildman–Crippen MR) is 145 cm³/mol. The Balaban J connectivity index is 1.52. The number of amides is 2. The number of aromatic nitrogens is 1. The maximum atomic E-state index is 13.1. The summed E-state index contributed by atoms with van der Waals surface area (Å²) >= 11 is 1.04. The summed E-state index contributed by atoms with van der Waals surface area (Å²) in [5.74, 6) is -0.854. The number of thiazole rings is 1. The average Bonchev–Trinajstić information content (AvgIpc) is 3.21. The second-order valence-corrected chi connectivity index (χ2v) is 9.86. The molecule has 0 aliphatic carbocycles. The van der Waals surface area contributed by atoms with Gasteiger partial charge in [0.05, 0.1) is 22.5 Å². The molecule has 0 fully saturated rings. The zero-order chi connectivity index (χ0) is 27.6. The van der Waals surface area contributed by atoms with Gasteiger partial charge in [0.2, 0.25) is 0 Å². The van der Waals surface area contributed by atoms with Crippen LogP contribution in [0.2, 0.25) is 0 Å². The lowest BCUT2D eigenvalue weighted by Gasteiger charge is -2.13. The van der Waals surface area contributed by atoms with Crippen LogP contribution >= 0.6 is 11.3 Å². The summed E-state index contributed by atoms with van der Waals surface area (Å²) < 4.78 is 39.3. The van der Waals surface area contributed by atoms with E-state index in [-0.39, 0.29) is 22.3 Å².